The zero-order valence-electron chi connectivity index (χ0n) is 20.2. The highest BCUT2D eigenvalue weighted by Crippen LogP contribution is 2.46. The molecule has 2 aromatic heterocycles. The van der Waals surface area contributed by atoms with Crippen LogP contribution >= 0.6 is 0 Å². The van der Waals surface area contributed by atoms with Gasteiger partial charge in [-0.15, -0.1) is 0 Å². The Bertz CT molecular complexity index is 1150. The fourth-order valence-corrected chi connectivity index (χ4v) is 4.81. The standard InChI is InChI=1S/C27H31N5O3/c1-3-21-15-22(8-10-29-21)35-24-14-20(16-28)27(30-26(24)19-6-7-19)31-11-12-32(25(33)9-13-34-2)23(17-31)18-4-5-18/h3,8,10,14-15,18-19,23H,1,4-7,9,11-13,17H2,2H3/t23-/m0/s1. The maximum Gasteiger partial charge on any atom is 0.225 e. The van der Waals surface area contributed by atoms with Crippen LogP contribution in [0.2, 0.25) is 0 Å². The highest BCUT2D eigenvalue weighted by molar-refractivity contribution is 5.77. The predicted molar refractivity (Wildman–Crippen MR) is 132 cm³/mol. The number of aromatic nitrogens is 2. The second-order valence-electron chi connectivity index (χ2n) is 9.53. The maximum atomic E-state index is 12.8. The van der Waals surface area contributed by atoms with E-state index in [1.54, 1.807) is 25.4 Å². The molecular formula is C27H31N5O3. The summed E-state index contributed by atoms with van der Waals surface area (Å²) in [4.78, 5) is 26.3. The van der Waals surface area contributed by atoms with Gasteiger partial charge in [-0.2, -0.15) is 5.26 Å². The highest BCUT2D eigenvalue weighted by atomic mass is 16.5. The van der Waals surface area contributed by atoms with Crippen molar-refractivity contribution in [1.82, 2.24) is 14.9 Å². The first-order valence-electron chi connectivity index (χ1n) is 12.4. The van der Waals surface area contributed by atoms with Crippen LogP contribution in [-0.2, 0) is 9.53 Å². The first-order valence-corrected chi connectivity index (χ1v) is 12.4. The third-order valence-electron chi connectivity index (χ3n) is 6.99. The Kier molecular flexibility index (Phi) is 6.69. The van der Waals surface area contributed by atoms with Crippen LogP contribution in [-0.4, -0.2) is 60.2 Å². The maximum absolute atomic E-state index is 12.8. The van der Waals surface area contributed by atoms with E-state index in [1.807, 2.05) is 17.0 Å². The first kappa shape index (κ1) is 23.3. The lowest BCUT2D eigenvalue weighted by molar-refractivity contribution is -0.135. The van der Waals surface area contributed by atoms with Gasteiger partial charge in [-0.25, -0.2) is 4.98 Å². The third kappa shape index (κ3) is 5.15. The second kappa shape index (κ2) is 10.0. The Morgan fingerprint density at radius 3 is 2.80 bits per heavy atom. The number of methoxy groups -OCH3 is 1. The van der Waals surface area contributed by atoms with Crippen LogP contribution in [0.25, 0.3) is 6.08 Å². The summed E-state index contributed by atoms with van der Waals surface area (Å²) in [5.41, 5.74) is 2.12. The minimum absolute atomic E-state index is 0.149. The van der Waals surface area contributed by atoms with Gasteiger partial charge < -0.3 is 19.3 Å². The van der Waals surface area contributed by atoms with E-state index in [0.29, 0.717) is 67.4 Å². The lowest BCUT2D eigenvalue weighted by Gasteiger charge is -2.42. The van der Waals surface area contributed by atoms with Gasteiger partial charge in [0.15, 0.2) is 5.75 Å². The number of hydrogen-bond acceptors (Lipinski definition) is 7. The molecule has 2 saturated carbocycles. The van der Waals surface area contributed by atoms with Crippen molar-refractivity contribution >= 4 is 17.8 Å². The van der Waals surface area contributed by atoms with Gasteiger partial charge in [0.25, 0.3) is 0 Å². The summed E-state index contributed by atoms with van der Waals surface area (Å²) in [6.07, 6.45) is 8.18. The zero-order valence-corrected chi connectivity index (χ0v) is 20.2. The molecule has 0 bridgehead atoms. The number of nitrogens with zero attached hydrogens (tertiary/aromatic N) is 5. The van der Waals surface area contributed by atoms with Crippen molar-refractivity contribution in [3.63, 3.8) is 0 Å². The largest absolute Gasteiger partial charge is 0.455 e. The van der Waals surface area contributed by atoms with E-state index in [0.717, 1.165) is 37.1 Å². The van der Waals surface area contributed by atoms with E-state index >= 15 is 0 Å². The number of pyridine rings is 2. The van der Waals surface area contributed by atoms with E-state index in [2.05, 4.69) is 22.5 Å². The van der Waals surface area contributed by atoms with E-state index < -0.39 is 0 Å². The van der Waals surface area contributed by atoms with Gasteiger partial charge in [-0.3, -0.25) is 9.78 Å². The summed E-state index contributed by atoms with van der Waals surface area (Å²) in [7, 11) is 1.62. The molecule has 2 aliphatic carbocycles. The average Bonchev–Trinajstić information content (AvgIpc) is 3.80. The number of ether oxygens (including phenoxy) is 2. The predicted octanol–water partition coefficient (Wildman–Crippen LogP) is 4.12. The number of piperazine rings is 1. The molecule has 1 aliphatic heterocycles. The van der Waals surface area contributed by atoms with Crippen molar-refractivity contribution in [2.75, 3.05) is 38.3 Å². The van der Waals surface area contributed by atoms with Gasteiger partial charge in [0.05, 0.1) is 36.0 Å². The molecule has 0 radical (unpaired) electrons. The van der Waals surface area contributed by atoms with Gasteiger partial charge >= 0.3 is 0 Å². The lowest BCUT2D eigenvalue weighted by Crippen LogP contribution is -2.56. The molecule has 0 aromatic carbocycles. The average molecular weight is 474 g/mol. The van der Waals surface area contributed by atoms with Crippen molar-refractivity contribution in [2.45, 2.75) is 44.1 Å². The third-order valence-corrected chi connectivity index (χ3v) is 6.99. The van der Waals surface area contributed by atoms with Crippen LogP contribution in [0, 0.1) is 17.2 Å². The summed E-state index contributed by atoms with van der Waals surface area (Å²) in [6.45, 7) is 6.19. The summed E-state index contributed by atoms with van der Waals surface area (Å²) < 4.78 is 11.3. The van der Waals surface area contributed by atoms with Crippen molar-refractivity contribution in [3.8, 4) is 17.6 Å². The minimum atomic E-state index is 0.149. The Hall–Kier alpha value is -3.44. The van der Waals surface area contributed by atoms with Gasteiger partial charge in [0.2, 0.25) is 5.91 Å². The van der Waals surface area contributed by atoms with Crippen molar-refractivity contribution in [2.24, 2.45) is 5.92 Å². The molecule has 3 fully saturated rings. The first-order chi connectivity index (χ1) is 17.1. The van der Waals surface area contributed by atoms with Crippen LogP contribution < -0.4 is 9.64 Å². The molecule has 1 atom stereocenters. The topological polar surface area (TPSA) is 91.6 Å². The van der Waals surface area contributed by atoms with Gasteiger partial charge in [-0.05, 0) is 43.7 Å². The quantitative estimate of drug-likeness (QED) is 0.541. The fourth-order valence-electron chi connectivity index (χ4n) is 4.81. The molecule has 0 N–H and O–H groups in total. The van der Waals surface area contributed by atoms with Crippen LogP contribution in [0.5, 0.6) is 11.5 Å². The molecule has 3 heterocycles. The normalized spacial score (nSPS) is 19.8. The molecule has 182 valence electrons. The minimum Gasteiger partial charge on any atom is -0.455 e. The van der Waals surface area contributed by atoms with Crippen LogP contribution in [0.15, 0.2) is 31.0 Å². The molecule has 3 aliphatic rings. The van der Waals surface area contributed by atoms with E-state index in [4.69, 9.17) is 14.5 Å². The number of amides is 1. The second-order valence-corrected chi connectivity index (χ2v) is 9.53. The SMILES string of the molecule is C=Cc1cc(Oc2cc(C#N)c(N3CCN(C(=O)CCOC)[C@H](C4CC4)C3)nc2C2CC2)ccn1. The van der Waals surface area contributed by atoms with Gasteiger partial charge in [0.1, 0.15) is 17.6 Å². The molecule has 5 rings (SSSR count). The summed E-state index contributed by atoms with van der Waals surface area (Å²) in [6, 6.07) is 7.93. The molecule has 1 amide bonds. The number of rotatable bonds is 9. The van der Waals surface area contributed by atoms with Gasteiger partial charge in [-0.1, -0.05) is 6.58 Å². The van der Waals surface area contributed by atoms with Gasteiger partial charge in [0, 0.05) is 51.0 Å². The molecule has 2 aromatic rings. The van der Waals surface area contributed by atoms with Crippen LogP contribution in [0.1, 0.15) is 55.0 Å². The number of nitriles is 1. The Labute approximate surface area is 206 Å². The summed E-state index contributed by atoms with van der Waals surface area (Å²) in [5.74, 6) is 2.99. The van der Waals surface area contributed by atoms with E-state index in [1.165, 1.54) is 0 Å². The molecule has 0 spiro atoms. The van der Waals surface area contributed by atoms with Crippen molar-refractivity contribution in [3.05, 3.63) is 47.9 Å². The van der Waals surface area contributed by atoms with E-state index in [9.17, 15) is 10.1 Å². The molecule has 1 saturated heterocycles. The number of carbonyl (C=O) groups is 1. The summed E-state index contributed by atoms with van der Waals surface area (Å²) in [5, 5.41) is 10.0. The van der Waals surface area contributed by atoms with E-state index in [-0.39, 0.29) is 11.9 Å². The van der Waals surface area contributed by atoms with Crippen LogP contribution in [0.4, 0.5) is 5.82 Å². The fraction of sp³-hybridized carbons (Fsp3) is 0.481. The smallest absolute Gasteiger partial charge is 0.225 e. The monoisotopic (exact) mass is 473 g/mol. The number of hydrogen-bond donors (Lipinski definition) is 0. The highest BCUT2D eigenvalue weighted by Gasteiger charge is 2.41. The lowest BCUT2D eigenvalue weighted by atomic mass is 10.0. The molecular weight excluding hydrogens is 442 g/mol. The molecule has 0 unspecified atom stereocenters. The molecule has 35 heavy (non-hydrogen) atoms. The Balaban J connectivity index is 1.42. The van der Waals surface area contributed by atoms with Crippen molar-refractivity contribution in [1.29, 1.82) is 5.26 Å². The number of carbonyl (C=O) groups excluding carboxylic acids is 1. The molecule has 8 heteroatoms. The zero-order chi connectivity index (χ0) is 24.4. The van der Waals surface area contributed by atoms with Crippen LogP contribution in [0.3, 0.4) is 0 Å². The molecule has 8 nitrogen and oxygen atoms in total. The Morgan fingerprint density at radius 2 is 2.11 bits per heavy atom. The summed E-state index contributed by atoms with van der Waals surface area (Å²) >= 11 is 0. The number of anilines is 1. The Morgan fingerprint density at radius 1 is 1.29 bits per heavy atom. The van der Waals surface area contributed by atoms with Crippen molar-refractivity contribution < 1.29 is 14.3 Å².